The van der Waals surface area contributed by atoms with Crippen molar-refractivity contribution in [3.63, 3.8) is 0 Å². The number of aromatic nitrogens is 6. The van der Waals surface area contributed by atoms with Gasteiger partial charge in [-0.3, -0.25) is 9.13 Å². The predicted molar refractivity (Wildman–Crippen MR) is 258 cm³/mol. The van der Waals surface area contributed by atoms with Gasteiger partial charge in [-0.1, -0.05) is 133 Å². The molecule has 0 saturated heterocycles. The second kappa shape index (κ2) is 14.0. The van der Waals surface area contributed by atoms with E-state index in [1.165, 1.54) is 32.3 Å². The van der Waals surface area contributed by atoms with Crippen molar-refractivity contribution in [1.29, 1.82) is 0 Å². The minimum Gasteiger partial charge on any atom is -0.372 e. The van der Waals surface area contributed by atoms with E-state index < -0.39 is 0 Å². The summed E-state index contributed by atoms with van der Waals surface area (Å²) in [7, 11) is 0. The molecule has 63 heavy (non-hydrogen) atoms. The number of dihydropyridines is 1. The van der Waals surface area contributed by atoms with Crippen molar-refractivity contribution in [3.8, 4) is 28.7 Å². The van der Waals surface area contributed by atoms with Gasteiger partial charge in [0.2, 0.25) is 0 Å². The molecule has 1 N–H and O–H groups in total. The summed E-state index contributed by atoms with van der Waals surface area (Å²) in [5.74, 6) is 1.70. The largest absolute Gasteiger partial charge is 0.372 e. The van der Waals surface area contributed by atoms with Gasteiger partial charge in [0.25, 0.3) is 0 Å². The molecule has 7 heterocycles. The van der Waals surface area contributed by atoms with Gasteiger partial charge in [0.1, 0.15) is 5.82 Å². The van der Waals surface area contributed by atoms with Crippen molar-refractivity contribution in [2.24, 2.45) is 0 Å². The highest BCUT2D eigenvalue weighted by atomic mass is 15.1. The molecule has 0 saturated carbocycles. The van der Waals surface area contributed by atoms with Gasteiger partial charge in [0.05, 0.1) is 73.3 Å². The van der Waals surface area contributed by atoms with E-state index in [-0.39, 0.29) is 6.04 Å². The topological polar surface area (TPSA) is 65.5 Å². The van der Waals surface area contributed by atoms with E-state index in [2.05, 4.69) is 219 Å². The highest BCUT2D eigenvalue weighted by Crippen LogP contribution is 2.39. The fraction of sp³-hybridized carbons (Fsp3) is 0.0179. The lowest BCUT2D eigenvalue weighted by Gasteiger charge is -2.23. The van der Waals surface area contributed by atoms with E-state index in [4.69, 9.17) is 15.0 Å². The van der Waals surface area contributed by atoms with E-state index in [1.54, 1.807) is 0 Å². The fourth-order valence-electron chi connectivity index (χ4n) is 9.75. The van der Waals surface area contributed by atoms with Gasteiger partial charge in [0.15, 0.2) is 5.82 Å². The van der Waals surface area contributed by atoms with Crippen LogP contribution in [0.1, 0.15) is 17.4 Å². The maximum absolute atomic E-state index is 5.62. The zero-order chi connectivity index (χ0) is 41.4. The number of benzene rings is 6. The Balaban J connectivity index is 0.910. The molecule has 0 fully saturated rings. The van der Waals surface area contributed by atoms with Crippen molar-refractivity contribution < 1.29 is 0 Å². The molecule has 12 aromatic rings. The Kier molecular flexibility index (Phi) is 7.83. The van der Waals surface area contributed by atoms with Gasteiger partial charge in [0, 0.05) is 32.3 Å². The molecular weight excluding hydrogens is 771 g/mol. The third-order valence-corrected chi connectivity index (χ3v) is 12.5. The second-order valence-electron chi connectivity index (χ2n) is 16.1. The Morgan fingerprint density at radius 1 is 0.365 bits per heavy atom. The van der Waals surface area contributed by atoms with E-state index in [9.17, 15) is 0 Å². The Morgan fingerprint density at radius 2 is 0.825 bits per heavy atom. The summed E-state index contributed by atoms with van der Waals surface area (Å²) in [4.78, 5) is 16.1. The highest BCUT2D eigenvalue weighted by Gasteiger charge is 2.23. The first-order valence-electron chi connectivity index (χ1n) is 21.3. The van der Waals surface area contributed by atoms with Crippen LogP contribution in [0.15, 0.2) is 212 Å². The number of nitrogens with one attached hydrogen (secondary N) is 1. The molecule has 7 nitrogen and oxygen atoms in total. The number of para-hydroxylation sites is 6. The third-order valence-electron chi connectivity index (χ3n) is 12.5. The summed E-state index contributed by atoms with van der Waals surface area (Å²) < 4.78 is 6.94. The van der Waals surface area contributed by atoms with Crippen LogP contribution in [0, 0.1) is 0 Å². The van der Waals surface area contributed by atoms with Gasteiger partial charge < -0.3 is 9.88 Å². The molecule has 1 atom stereocenters. The molecule has 0 aliphatic carbocycles. The quantitative estimate of drug-likeness (QED) is 0.182. The van der Waals surface area contributed by atoms with Crippen LogP contribution in [0.25, 0.3) is 99.8 Å². The van der Waals surface area contributed by atoms with E-state index in [0.717, 1.165) is 78.9 Å². The Morgan fingerprint density at radius 3 is 1.37 bits per heavy atom. The second-order valence-corrected chi connectivity index (χ2v) is 16.1. The summed E-state index contributed by atoms with van der Waals surface area (Å²) in [6.07, 6.45) is 6.36. The van der Waals surface area contributed by atoms with Crippen LogP contribution in [-0.4, -0.2) is 28.7 Å². The zero-order valence-electron chi connectivity index (χ0n) is 34.0. The van der Waals surface area contributed by atoms with Crippen LogP contribution in [0.2, 0.25) is 0 Å². The molecule has 6 aromatic carbocycles. The van der Waals surface area contributed by atoms with E-state index in [1.807, 2.05) is 12.1 Å². The molecule has 1 aliphatic rings. The Bertz CT molecular complexity index is 3700. The fourth-order valence-corrected chi connectivity index (χ4v) is 9.75. The summed E-state index contributed by atoms with van der Waals surface area (Å²) >= 11 is 0. The van der Waals surface area contributed by atoms with Crippen molar-refractivity contribution >= 4 is 71.1 Å². The van der Waals surface area contributed by atoms with E-state index in [0.29, 0.717) is 0 Å². The summed E-state index contributed by atoms with van der Waals surface area (Å²) in [5.41, 5.74) is 12.0. The van der Waals surface area contributed by atoms with Crippen LogP contribution < -0.4 is 5.32 Å². The number of nitrogens with zero attached hydrogens (tertiary/aromatic N) is 6. The molecule has 13 rings (SSSR count). The maximum Gasteiger partial charge on any atom is 0.162 e. The van der Waals surface area contributed by atoms with Crippen LogP contribution in [0.4, 0.5) is 0 Å². The number of hydrogen-bond acceptors (Lipinski definition) is 4. The first-order chi connectivity index (χ1) is 31.3. The molecule has 0 spiro atoms. The van der Waals surface area contributed by atoms with Crippen molar-refractivity contribution in [2.45, 2.75) is 6.04 Å². The summed E-state index contributed by atoms with van der Waals surface area (Å²) in [6, 6.07) is 68.1. The summed E-state index contributed by atoms with van der Waals surface area (Å²) in [5, 5.41) is 11.0. The van der Waals surface area contributed by atoms with Gasteiger partial charge in [-0.2, -0.15) is 0 Å². The highest BCUT2D eigenvalue weighted by molar-refractivity contribution is 6.12. The van der Waals surface area contributed by atoms with Crippen LogP contribution in [0.3, 0.4) is 0 Å². The summed E-state index contributed by atoms with van der Waals surface area (Å²) in [6.45, 7) is 0. The number of allylic oxidation sites excluding steroid dienone is 2. The number of pyridine rings is 3. The van der Waals surface area contributed by atoms with Crippen molar-refractivity contribution in [3.05, 3.63) is 224 Å². The lowest BCUT2D eigenvalue weighted by atomic mass is 10.1. The molecule has 7 heteroatoms. The average molecular weight is 808 g/mol. The van der Waals surface area contributed by atoms with Crippen molar-refractivity contribution in [2.75, 3.05) is 0 Å². The molecule has 1 aliphatic heterocycles. The number of fused-ring (bicyclic) bond motifs is 9. The van der Waals surface area contributed by atoms with Crippen molar-refractivity contribution in [1.82, 2.24) is 34.0 Å². The Labute approximate surface area is 362 Å². The smallest absolute Gasteiger partial charge is 0.162 e. The average Bonchev–Trinajstić information content (AvgIpc) is 4.00. The lowest BCUT2D eigenvalue weighted by molar-refractivity contribution is 0.734. The Hall–Kier alpha value is -8.55. The van der Waals surface area contributed by atoms with Gasteiger partial charge in [-0.05, 0) is 78.9 Å². The number of rotatable bonds is 6. The SMILES string of the molecule is C1=CC(c2cccc(-c3cccc(-n4c5ccccc5c5ccccc54)n3)n2)NC(c2ccc(-n3c4ccccc4c4ccccc43)c(-n3c4ccccc4c4ccccc43)n2)=C1. The third kappa shape index (κ3) is 5.50. The normalized spacial score (nSPS) is 14.0. The molecule has 0 bridgehead atoms. The van der Waals surface area contributed by atoms with E-state index >= 15 is 0 Å². The minimum absolute atomic E-state index is 0.194. The standard InChI is InChI=1S/C56H37N7/c1-7-27-48-36(16-1)37-17-2-8-28-49(37)61(48)54-35-34-47(60-56(54)63-52-31-11-5-20-40(52)41-21-6-12-32-53(41)63)45-25-14-23-43(58-45)42-22-13-24-44(57-42)46-26-15-33-55(59-46)62-50-29-9-3-18-38(50)39-19-4-10-30-51(39)62/h1-35,43,58H. The van der Waals surface area contributed by atoms with Crippen LogP contribution in [-0.2, 0) is 0 Å². The molecule has 1 unspecified atom stereocenters. The molecule has 6 aromatic heterocycles. The lowest BCUT2D eigenvalue weighted by Crippen LogP contribution is -2.22. The molecular formula is C56H37N7. The zero-order valence-corrected chi connectivity index (χ0v) is 34.0. The minimum atomic E-state index is -0.194. The molecule has 0 amide bonds. The van der Waals surface area contributed by atoms with Gasteiger partial charge >= 0.3 is 0 Å². The molecule has 0 radical (unpaired) electrons. The molecule has 296 valence electrons. The monoisotopic (exact) mass is 807 g/mol. The predicted octanol–water partition coefficient (Wildman–Crippen LogP) is 13.1. The van der Waals surface area contributed by atoms with Gasteiger partial charge in [-0.15, -0.1) is 0 Å². The first-order valence-corrected chi connectivity index (χ1v) is 21.3. The number of hydrogen-bond donors (Lipinski definition) is 1. The van der Waals surface area contributed by atoms with Crippen LogP contribution in [0.5, 0.6) is 0 Å². The first kappa shape index (κ1) is 35.2. The maximum atomic E-state index is 5.62. The van der Waals surface area contributed by atoms with Crippen LogP contribution >= 0.6 is 0 Å². The van der Waals surface area contributed by atoms with Gasteiger partial charge in [-0.25, -0.2) is 15.0 Å².